The van der Waals surface area contributed by atoms with E-state index in [0.717, 1.165) is 35.3 Å². The summed E-state index contributed by atoms with van der Waals surface area (Å²) < 4.78 is 0. The van der Waals surface area contributed by atoms with Gasteiger partial charge in [-0.05, 0) is 57.4 Å². The van der Waals surface area contributed by atoms with Gasteiger partial charge in [0.05, 0.1) is 5.69 Å². The third-order valence-electron chi connectivity index (χ3n) is 3.73. The van der Waals surface area contributed by atoms with Crippen molar-refractivity contribution in [1.82, 2.24) is 25.4 Å². The van der Waals surface area contributed by atoms with Crippen molar-refractivity contribution in [2.75, 3.05) is 27.2 Å². The van der Waals surface area contributed by atoms with Gasteiger partial charge in [-0.25, -0.2) is 0 Å². The maximum absolute atomic E-state index is 12.2. The molecule has 0 aliphatic heterocycles. The number of nitrogens with one attached hydrogen (secondary N) is 3. The normalized spacial score (nSPS) is 11.3. The predicted molar refractivity (Wildman–Crippen MR) is 91.4 cm³/mol. The zero-order chi connectivity index (χ0) is 16.2. The van der Waals surface area contributed by atoms with Crippen molar-refractivity contribution >= 4 is 16.8 Å². The van der Waals surface area contributed by atoms with Gasteiger partial charge in [-0.3, -0.25) is 9.89 Å². The number of aromatic nitrogens is 3. The van der Waals surface area contributed by atoms with Crippen LogP contribution >= 0.6 is 0 Å². The molecule has 6 heteroatoms. The number of amides is 1. The Kier molecular flexibility index (Phi) is 4.43. The second-order valence-corrected chi connectivity index (χ2v) is 5.86. The first-order valence-corrected chi connectivity index (χ1v) is 7.69. The SMILES string of the molecule is CN(C)CCCNC(=O)c1ccc2[nH]c(-c3cc[nH]n3)cc2c1. The molecule has 0 saturated carbocycles. The van der Waals surface area contributed by atoms with Crippen LogP contribution in [0.25, 0.3) is 22.3 Å². The minimum absolute atomic E-state index is 0.0341. The van der Waals surface area contributed by atoms with E-state index in [-0.39, 0.29) is 5.91 Å². The number of hydrogen-bond donors (Lipinski definition) is 3. The summed E-state index contributed by atoms with van der Waals surface area (Å²) in [6.07, 6.45) is 2.72. The summed E-state index contributed by atoms with van der Waals surface area (Å²) in [7, 11) is 4.05. The molecular formula is C17H21N5O. The van der Waals surface area contributed by atoms with Gasteiger partial charge < -0.3 is 15.2 Å². The first-order valence-electron chi connectivity index (χ1n) is 7.69. The van der Waals surface area contributed by atoms with Crippen LogP contribution in [-0.4, -0.2) is 53.2 Å². The fourth-order valence-corrected chi connectivity index (χ4v) is 2.52. The van der Waals surface area contributed by atoms with E-state index in [0.29, 0.717) is 12.1 Å². The van der Waals surface area contributed by atoms with E-state index in [1.807, 2.05) is 44.4 Å². The molecule has 6 nitrogen and oxygen atoms in total. The molecule has 0 saturated heterocycles. The highest BCUT2D eigenvalue weighted by Gasteiger charge is 2.09. The molecule has 3 N–H and O–H groups in total. The molecule has 0 radical (unpaired) electrons. The van der Waals surface area contributed by atoms with Crippen molar-refractivity contribution < 1.29 is 4.79 Å². The Morgan fingerprint density at radius 1 is 1.26 bits per heavy atom. The molecule has 0 atom stereocenters. The van der Waals surface area contributed by atoms with Crippen LogP contribution < -0.4 is 5.32 Å². The van der Waals surface area contributed by atoms with Crippen LogP contribution in [0.2, 0.25) is 0 Å². The van der Waals surface area contributed by atoms with Crippen molar-refractivity contribution in [2.45, 2.75) is 6.42 Å². The second-order valence-electron chi connectivity index (χ2n) is 5.86. The summed E-state index contributed by atoms with van der Waals surface area (Å²) >= 11 is 0. The van der Waals surface area contributed by atoms with E-state index in [4.69, 9.17) is 0 Å². The number of rotatable bonds is 6. The summed E-state index contributed by atoms with van der Waals surface area (Å²) in [5.74, 6) is -0.0341. The van der Waals surface area contributed by atoms with Gasteiger partial charge in [0.1, 0.15) is 5.69 Å². The highest BCUT2D eigenvalue weighted by molar-refractivity contribution is 5.98. The zero-order valence-corrected chi connectivity index (χ0v) is 13.4. The van der Waals surface area contributed by atoms with Crippen LogP contribution in [0.4, 0.5) is 0 Å². The lowest BCUT2D eigenvalue weighted by atomic mass is 10.1. The van der Waals surface area contributed by atoms with Gasteiger partial charge in [-0.1, -0.05) is 0 Å². The maximum atomic E-state index is 12.2. The summed E-state index contributed by atoms with van der Waals surface area (Å²) in [5, 5.41) is 10.9. The molecule has 1 aromatic carbocycles. The highest BCUT2D eigenvalue weighted by atomic mass is 16.1. The number of aromatic amines is 2. The third-order valence-corrected chi connectivity index (χ3v) is 3.73. The van der Waals surface area contributed by atoms with Crippen LogP contribution in [0.5, 0.6) is 0 Å². The van der Waals surface area contributed by atoms with Crippen LogP contribution in [0, 0.1) is 0 Å². The predicted octanol–water partition coefficient (Wildman–Crippen LogP) is 2.24. The fraction of sp³-hybridized carbons (Fsp3) is 0.294. The lowest BCUT2D eigenvalue weighted by Gasteiger charge is -2.09. The average Bonchev–Trinajstić information content (AvgIpc) is 3.18. The highest BCUT2D eigenvalue weighted by Crippen LogP contribution is 2.23. The Hall–Kier alpha value is -2.60. The smallest absolute Gasteiger partial charge is 0.251 e. The number of hydrogen-bond acceptors (Lipinski definition) is 3. The van der Waals surface area contributed by atoms with E-state index in [2.05, 4.69) is 25.4 Å². The van der Waals surface area contributed by atoms with Gasteiger partial charge in [-0.2, -0.15) is 5.10 Å². The second kappa shape index (κ2) is 6.66. The van der Waals surface area contributed by atoms with Crippen LogP contribution in [-0.2, 0) is 0 Å². The van der Waals surface area contributed by atoms with E-state index < -0.39 is 0 Å². The molecular weight excluding hydrogens is 290 g/mol. The molecule has 3 rings (SSSR count). The molecule has 120 valence electrons. The maximum Gasteiger partial charge on any atom is 0.251 e. The van der Waals surface area contributed by atoms with Crippen molar-refractivity contribution in [2.24, 2.45) is 0 Å². The molecule has 1 amide bonds. The number of benzene rings is 1. The van der Waals surface area contributed by atoms with Crippen molar-refractivity contribution in [3.05, 3.63) is 42.1 Å². The molecule has 0 bridgehead atoms. The molecule has 0 unspecified atom stereocenters. The molecule has 2 aromatic heterocycles. The quantitative estimate of drug-likeness (QED) is 0.611. The Bertz CT molecular complexity index is 789. The fourth-order valence-electron chi connectivity index (χ4n) is 2.52. The van der Waals surface area contributed by atoms with Crippen molar-refractivity contribution in [3.8, 4) is 11.4 Å². The molecule has 0 aliphatic carbocycles. The number of H-pyrrole nitrogens is 2. The molecule has 2 heterocycles. The van der Waals surface area contributed by atoms with Crippen LogP contribution in [0.1, 0.15) is 16.8 Å². The molecule has 3 aromatic rings. The molecule has 0 aliphatic rings. The summed E-state index contributed by atoms with van der Waals surface area (Å²) in [4.78, 5) is 17.6. The Balaban J connectivity index is 1.71. The van der Waals surface area contributed by atoms with Gasteiger partial charge in [0.15, 0.2) is 0 Å². The lowest BCUT2D eigenvalue weighted by Crippen LogP contribution is -2.27. The zero-order valence-electron chi connectivity index (χ0n) is 13.4. The van der Waals surface area contributed by atoms with Crippen LogP contribution in [0.3, 0.4) is 0 Å². The standard InChI is InChI=1S/C17H21N5O/c1-22(2)9-3-7-18-17(23)12-4-5-14-13(10-12)11-16(20-14)15-6-8-19-21-15/h4-6,8,10-11,20H,3,7,9H2,1-2H3,(H,18,23)(H,19,21). The van der Waals surface area contributed by atoms with Crippen molar-refractivity contribution in [3.63, 3.8) is 0 Å². The number of fused-ring (bicyclic) bond motifs is 1. The minimum atomic E-state index is -0.0341. The van der Waals surface area contributed by atoms with Gasteiger partial charge in [-0.15, -0.1) is 0 Å². The van der Waals surface area contributed by atoms with E-state index in [1.54, 1.807) is 6.20 Å². The Labute approximate surface area is 134 Å². The Morgan fingerprint density at radius 3 is 2.87 bits per heavy atom. The largest absolute Gasteiger partial charge is 0.353 e. The first kappa shape index (κ1) is 15.3. The van der Waals surface area contributed by atoms with Crippen molar-refractivity contribution in [1.29, 1.82) is 0 Å². The number of carbonyl (C=O) groups excluding carboxylic acids is 1. The summed E-state index contributed by atoms with van der Waals surface area (Å²) in [6, 6.07) is 9.59. The average molecular weight is 311 g/mol. The monoisotopic (exact) mass is 311 g/mol. The molecule has 23 heavy (non-hydrogen) atoms. The first-order chi connectivity index (χ1) is 11.1. The Morgan fingerprint density at radius 2 is 2.13 bits per heavy atom. The van der Waals surface area contributed by atoms with Crippen LogP contribution in [0.15, 0.2) is 36.5 Å². The number of carbonyl (C=O) groups is 1. The topological polar surface area (TPSA) is 76.8 Å². The number of nitrogens with zero attached hydrogens (tertiary/aromatic N) is 2. The summed E-state index contributed by atoms with van der Waals surface area (Å²) in [5.41, 5.74) is 3.46. The van der Waals surface area contributed by atoms with Gasteiger partial charge in [0.2, 0.25) is 0 Å². The molecule has 0 fully saturated rings. The van der Waals surface area contributed by atoms with E-state index in [1.165, 1.54) is 0 Å². The van der Waals surface area contributed by atoms with E-state index in [9.17, 15) is 4.79 Å². The summed E-state index contributed by atoms with van der Waals surface area (Å²) in [6.45, 7) is 1.64. The minimum Gasteiger partial charge on any atom is -0.353 e. The van der Waals surface area contributed by atoms with Gasteiger partial charge in [0, 0.05) is 29.2 Å². The van der Waals surface area contributed by atoms with Gasteiger partial charge >= 0.3 is 0 Å². The van der Waals surface area contributed by atoms with Gasteiger partial charge in [0.25, 0.3) is 5.91 Å². The van der Waals surface area contributed by atoms with E-state index >= 15 is 0 Å². The lowest BCUT2D eigenvalue weighted by molar-refractivity contribution is 0.0952. The third kappa shape index (κ3) is 3.60. The molecule has 0 spiro atoms.